The van der Waals surface area contributed by atoms with Crippen molar-refractivity contribution >= 4 is 0 Å². The van der Waals surface area contributed by atoms with E-state index in [1.54, 1.807) is 18.3 Å². The van der Waals surface area contributed by atoms with Crippen molar-refractivity contribution in [3.05, 3.63) is 24.0 Å². The van der Waals surface area contributed by atoms with Crippen LogP contribution < -0.4 is 16.0 Å². The fourth-order valence-electron chi connectivity index (χ4n) is 1.53. The zero-order chi connectivity index (χ0) is 14.3. The number of nitrogens with one attached hydrogen (secondary N) is 1. The highest BCUT2D eigenvalue weighted by atomic mass is 19.4. The number of aromatic nitrogens is 1. The van der Waals surface area contributed by atoms with Crippen molar-refractivity contribution in [2.24, 2.45) is 5.84 Å². The molecule has 0 radical (unpaired) electrons. The molecule has 5 nitrogen and oxygen atoms in total. The highest BCUT2D eigenvalue weighted by molar-refractivity contribution is 5.29. The van der Waals surface area contributed by atoms with Crippen molar-refractivity contribution in [3.8, 4) is 5.75 Å². The monoisotopic (exact) mass is 279 g/mol. The fourth-order valence-corrected chi connectivity index (χ4v) is 1.53. The van der Waals surface area contributed by atoms with Crippen LogP contribution in [0.2, 0.25) is 0 Å². The first kappa shape index (κ1) is 15.7. The van der Waals surface area contributed by atoms with Crippen molar-refractivity contribution in [2.45, 2.75) is 18.6 Å². The lowest BCUT2D eigenvalue weighted by atomic mass is 10.1. The zero-order valence-electron chi connectivity index (χ0n) is 10.4. The molecule has 1 rings (SSSR count). The van der Waals surface area contributed by atoms with Crippen molar-refractivity contribution in [3.63, 3.8) is 0 Å². The maximum absolute atomic E-state index is 11.9. The molecule has 0 aromatic carbocycles. The Kier molecular flexibility index (Phi) is 6.00. The largest absolute Gasteiger partial charge is 0.495 e. The number of pyridine rings is 1. The van der Waals surface area contributed by atoms with Crippen LogP contribution in [-0.4, -0.2) is 31.5 Å². The lowest BCUT2D eigenvalue weighted by molar-refractivity contribution is -0.174. The molecule has 8 heteroatoms. The molecule has 1 unspecified atom stereocenters. The average molecular weight is 279 g/mol. The molecule has 0 amide bonds. The van der Waals surface area contributed by atoms with Crippen LogP contribution in [-0.2, 0) is 4.74 Å². The Hall–Kier alpha value is -1.38. The Labute approximate surface area is 108 Å². The Balaban J connectivity index is 2.54. The molecule has 1 aromatic rings. The number of rotatable bonds is 7. The third kappa shape index (κ3) is 5.41. The van der Waals surface area contributed by atoms with E-state index in [2.05, 4.69) is 15.1 Å². The van der Waals surface area contributed by atoms with Crippen LogP contribution in [0, 0.1) is 0 Å². The van der Waals surface area contributed by atoms with Gasteiger partial charge in [-0.3, -0.25) is 16.3 Å². The van der Waals surface area contributed by atoms with Crippen LogP contribution in [0.4, 0.5) is 13.2 Å². The van der Waals surface area contributed by atoms with Gasteiger partial charge in [-0.05, 0) is 18.6 Å². The topological polar surface area (TPSA) is 69.4 Å². The summed E-state index contributed by atoms with van der Waals surface area (Å²) in [4.78, 5) is 4.10. The van der Waals surface area contributed by atoms with Gasteiger partial charge in [-0.15, -0.1) is 0 Å². The fraction of sp³-hybridized carbons (Fsp3) is 0.545. The van der Waals surface area contributed by atoms with Crippen LogP contribution in [0.25, 0.3) is 0 Å². The first-order chi connectivity index (χ1) is 8.98. The van der Waals surface area contributed by atoms with Crippen LogP contribution >= 0.6 is 0 Å². The number of ether oxygens (including phenoxy) is 2. The van der Waals surface area contributed by atoms with E-state index in [-0.39, 0.29) is 13.0 Å². The predicted molar refractivity (Wildman–Crippen MR) is 62.3 cm³/mol. The first-order valence-corrected chi connectivity index (χ1v) is 5.57. The van der Waals surface area contributed by atoms with E-state index < -0.39 is 18.8 Å². The lowest BCUT2D eigenvalue weighted by Gasteiger charge is -2.18. The van der Waals surface area contributed by atoms with E-state index in [1.807, 2.05) is 0 Å². The van der Waals surface area contributed by atoms with E-state index >= 15 is 0 Å². The van der Waals surface area contributed by atoms with Gasteiger partial charge in [-0.1, -0.05) is 0 Å². The number of methoxy groups -OCH3 is 1. The molecule has 1 aromatic heterocycles. The highest BCUT2D eigenvalue weighted by Gasteiger charge is 2.27. The molecule has 0 spiro atoms. The summed E-state index contributed by atoms with van der Waals surface area (Å²) in [6, 6.07) is 2.95. The number of hydrogen-bond acceptors (Lipinski definition) is 5. The zero-order valence-corrected chi connectivity index (χ0v) is 10.4. The molecule has 1 heterocycles. The van der Waals surface area contributed by atoms with E-state index in [0.717, 1.165) is 0 Å². The number of alkyl halides is 3. The molecule has 3 N–H and O–H groups in total. The number of nitrogens with two attached hydrogens (primary N) is 1. The molecule has 0 aliphatic rings. The minimum atomic E-state index is -4.33. The summed E-state index contributed by atoms with van der Waals surface area (Å²) in [5, 5.41) is 0. The number of hydrogen-bond donors (Lipinski definition) is 2. The van der Waals surface area contributed by atoms with Gasteiger partial charge in [-0.25, -0.2) is 0 Å². The third-order valence-corrected chi connectivity index (χ3v) is 2.37. The standard InChI is InChI=1S/C11H16F3N3O2/c1-18-9-3-2-5-16-10(9)8(17-15)4-6-19-7-11(12,13)14/h2-3,5,8,17H,4,6-7,15H2,1H3. The van der Waals surface area contributed by atoms with Gasteiger partial charge in [-0.2, -0.15) is 13.2 Å². The van der Waals surface area contributed by atoms with E-state index in [4.69, 9.17) is 10.6 Å². The van der Waals surface area contributed by atoms with E-state index in [9.17, 15) is 13.2 Å². The van der Waals surface area contributed by atoms with Crippen molar-refractivity contribution in [2.75, 3.05) is 20.3 Å². The van der Waals surface area contributed by atoms with Gasteiger partial charge >= 0.3 is 6.18 Å². The van der Waals surface area contributed by atoms with Gasteiger partial charge in [0.2, 0.25) is 0 Å². The second kappa shape index (κ2) is 7.27. The van der Waals surface area contributed by atoms with Crippen molar-refractivity contribution in [1.82, 2.24) is 10.4 Å². The Morgan fingerprint density at radius 3 is 2.79 bits per heavy atom. The molecule has 0 aliphatic carbocycles. The van der Waals surface area contributed by atoms with Gasteiger partial charge in [0.1, 0.15) is 18.1 Å². The van der Waals surface area contributed by atoms with Gasteiger partial charge in [0, 0.05) is 12.8 Å². The number of nitrogens with zero attached hydrogens (tertiary/aromatic N) is 1. The van der Waals surface area contributed by atoms with E-state index in [0.29, 0.717) is 11.4 Å². The van der Waals surface area contributed by atoms with Gasteiger partial charge in [0.05, 0.1) is 13.2 Å². The second-order valence-corrected chi connectivity index (χ2v) is 3.77. The Bertz CT molecular complexity index is 388. The summed E-state index contributed by atoms with van der Waals surface area (Å²) in [5.41, 5.74) is 3.02. The minimum absolute atomic E-state index is 0.0892. The SMILES string of the molecule is COc1cccnc1C(CCOCC(F)(F)F)NN. The average Bonchev–Trinajstić information content (AvgIpc) is 2.38. The summed E-state index contributed by atoms with van der Waals surface area (Å²) in [6.45, 7) is -1.36. The molecule has 0 bridgehead atoms. The summed E-state index contributed by atoms with van der Waals surface area (Å²) in [6.07, 6.45) is -2.52. The quantitative estimate of drug-likeness (QED) is 0.450. The molecule has 0 saturated carbocycles. The Morgan fingerprint density at radius 2 is 2.21 bits per heavy atom. The summed E-state index contributed by atoms with van der Waals surface area (Å²) < 4.78 is 45.4. The molecule has 19 heavy (non-hydrogen) atoms. The minimum Gasteiger partial charge on any atom is -0.495 e. The third-order valence-electron chi connectivity index (χ3n) is 2.37. The first-order valence-electron chi connectivity index (χ1n) is 5.57. The maximum atomic E-state index is 11.9. The van der Waals surface area contributed by atoms with Crippen molar-refractivity contribution < 1.29 is 22.6 Å². The Morgan fingerprint density at radius 1 is 1.47 bits per heavy atom. The molecule has 0 saturated heterocycles. The summed E-state index contributed by atoms with van der Waals surface area (Å²) in [7, 11) is 1.48. The van der Waals surface area contributed by atoms with Crippen LogP contribution in [0.1, 0.15) is 18.2 Å². The molecule has 1 atom stereocenters. The summed E-state index contributed by atoms with van der Waals surface area (Å²) >= 11 is 0. The van der Waals surface area contributed by atoms with Crippen molar-refractivity contribution in [1.29, 1.82) is 0 Å². The number of hydrazine groups is 1. The predicted octanol–water partition coefficient (Wildman–Crippen LogP) is 1.56. The molecular weight excluding hydrogens is 263 g/mol. The molecule has 108 valence electrons. The van der Waals surface area contributed by atoms with E-state index in [1.165, 1.54) is 7.11 Å². The lowest BCUT2D eigenvalue weighted by Crippen LogP contribution is -2.30. The smallest absolute Gasteiger partial charge is 0.411 e. The molecule has 0 aliphatic heterocycles. The molecular formula is C11H16F3N3O2. The van der Waals surface area contributed by atoms with Gasteiger partial charge in [0.15, 0.2) is 0 Å². The van der Waals surface area contributed by atoms with Gasteiger partial charge in [0.25, 0.3) is 0 Å². The molecule has 0 fully saturated rings. The highest BCUT2D eigenvalue weighted by Crippen LogP contribution is 2.24. The normalized spacial score (nSPS) is 13.3. The van der Waals surface area contributed by atoms with Gasteiger partial charge < -0.3 is 9.47 Å². The number of halogens is 3. The second-order valence-electron chi connectivity index (χ2n) is 3.77. The van der Waals surface area contributed by atoms with Crippen LogP contribution in [0.5, 0.6) is 5.75 Å². The summed E-state index contributed by atoms with van der Waals surface area (Å²) in [5.74, 6) is 5.89. The van der Waals surface area contributed by atoms with Crippen LogP contribution in [0.15, 0.2) is 18.3 Å². The maximum Gasteiger partial charge on any atom is 0.411 e. The van der Waals surface area contributed by atoms with Crippen LogP contribution in [0.3, 0.4) is 0 Å².